The minimum atomic E-state index is -0.407. The minimum absolute atomic E-state index is 0.0840. The number of benzene rings is 3. The molecule has 1 aliphatic rings. The highest BCUT2D eigenvalue weighted by atomic mass is 79.9. The van der Waals surface area contributed by atoms with Crippen molar-refractivity contribution in [3.05, 3.63) is 85.8 Å². The zero-order valence-corrected chi connectivity index (χ0v) is 29.6. The fraction of sp³-hybridized carbons (Fsp3) is 0.429. The van der Waals surface area contributed by atoms with Crippen molar-refractivity contribution in [1.29, 1.82) is 0 Å². The summed E-state index contributed by atoms with van der Waals surface area (Å²) in [5, 5.41) is 7.94. The Kier molecular flexibility index (Phi) is 13.6. The minimum Gasteiger partial charge on any atom is -0.464 e. The lowest BCUT2D eigenvalue weighted by Gasteiger charge is -2.38. The van der Waals surface area contributed by atoms with Crippen LogP contribution in [-0.4, -0.2) is 55.7 Å². The molecule has 1 aliphatic carbocycles. The predicted octanol–water partition coefficient (Wildman–Crippen LogP) is 8.16. The molecule has 11 heteroatoms. The van der Waals surface area contributed by atoms with Gasteiger partial charge in [-0.1, -0.05) is 73.7 Å². The summed E-state index contributed by atoms with van der Waals surface area (Å²) in [6.45, 7) is 4.19. The van der Waals surface area contributed by atoms with Gasteiger partial charge >= 0.3 is 11.9 Å². The Morgan fingerprint density at radius 2 is 1.63 bits per heavy atom. The number of anilines is 3. The Bertz CT molecular complexity index is 1480. The molecule has 8 nitrogen and oxygen atoms in total. The van der Waals surface area contributed by atoms with Crippen molar-refractivity contribution in [3.8, 4) is 0 Å². The first-order chi connectivity index (χ1) is 22.1. The maximum atomic E-state index is 12.9. The molecule has 0 amide bonds. The number of ether oxygens (including phenoxy) is 2. The third-order valence-corrected chi connectivity index (χ3v) is 9.90. The van der Waals surface area contributed by atoms with Crippen molar-refractivity contribution in [2.75, 3.05) is 44.4 Å². The fourth-order valence-electron chi connectivity index (χ4n) is 5.66. The van der Waals surface area contributed by atoms with Crippen molar-refractivity contribution in [1.82, 2.24) is 10.2 Å². The molecule has 0 radical (unpaired) electrons. The largest absolute Gasteiger partial charge is 0.464 e. The summed E-state index contributed by atoms with van der Waals surface area (Å²) in [5.74, 6) is -0.762. The Balaban J connectivity index is 1.20. The Morgan fingerprint density at radius 1 is 0.957 bits per heavy atom. The number of nitrogens with zero attached hydrogens (tertiary/aromatic N) is 1. The number of hydrogen-bond donors (Lipinski definition) is 3. The van der Waals surface area contributed by atoms with Crippen molar-refractivity contribution >= 4 is 68.1 Å². The number of carbonyl (C=O) groups is 2. The molecule has 1 saturated carbocycles. The van der Waals surface area contributed by atoms with Crippen LogP contribution < -0.4 is 16.4 Å². The van der Waals surface area contributed by atoms with E-state index in [-0.39, 0.29) is 31.1 Å². The van der Waals surface area contributed by atoms with Crippen molar-refractivity contribution in [3.63, 3.8) is 0 Å². The predicted molar refractivity (Wildman–Crippen MR) is 190 cm³/mol. The van der Waals surface area contributed by atoms with Crippen LogP contribution in [0.15, 0.2) is 59.1 Å². The van der Waals surface area contributed by atoms with Gasteiger partial charge in [0.05, 0.1) is 33.4 Å². The molecule has 1 fully saturated rings. The fourth-order valence-corrected chi connectivity index (χ4v) is 6.66. The van der Waals surface area contributed by atoms with Crippen molar-refractivity contribution in [2.45, 2.75) is 64.0 Å². The molecule has 0 unspecified atom stereocenters. The van der Waals surface area contributed by atoms with Crippen LogP contribution in [-0.2, 0) is 27.2 Å². The molecule has 46 heavy (non-hydrogen) atoms. The van der Waals surface area contributed by atoms with E-state index in [0.717, 1.165) is 36.1 Å². The van der Waals surface area contributed by atoms with Crippen LogP contribution in [0.1, 0.15) is 66.9 Å². The van der Waals surface area contributed by atoms with E-state index in [0.29, 0.717) is 51.1 Å². The summed E-state index contributed by atoms with van der Waals surface area (Å²) in [6, 6.07) is 16.2. The Morgan fingerprint density at radius 3 is 2.33 bits per heavy atom. The lowest BCUT2D eigenvalue weighted by molar-refractivity contribution is -0.143. The van der Waals surface area contributed by atoms with E-state index < -0.39 is 5.97 Å². The first-order valence-corrected chi connectivity index (χ1v) is 17.3. The lowest BCUT2D eigenvalue weighted by Crippen LogP contribution is -2.45. The molecular weight excluding hydrogens is 691 g/mol. The monoisotopic (exact) mass is 732 g/mol. The van der Waals surface area contributed by atoms with E-state index in [1.165, 1.54) is 19.3 Å². The SMILES string of the molecule is CCC1(NCc2cc(C(=O)OCCN(C)CCOC(=O)Cc3ccccc3Nc3c(Cl)cccc3Cl)cc(Br)c2N)CCCCC1. The number of para-hydroxylation sites is 2. The van der Waals surface area contributed by atoms with Crippen molar-refractivity contribution < 1.29 is 19.1 Å². The van der Waals surface area contributed by atoms with Crippen LogP contribution in [0.5, 0.6) is 0 Å². The number of rotatable bonds is 15. The molecule has 4 N–H and O–H groups in total. The summed E-state index contributed by atoms with van der Waals surface area (Å²) in [4.78, 5) is 27.5. The van der Waals surface area contributed by atoms with Gasteiger partial charge < -0.3 is 25.8 Å². The third-order valence-electron chi connectivity index (χ3n) is 8.61. The molecule has 0 atom stereocenters. The highest BCUT2D eigenvalue weighted by Crippen LogP contribution is 2.34. The maximum absolute atomic E-state index is 12.9. The van der Waals surface area contributed by atoms with E-state index in [1.54, 1.807) is 24.3 Å². The van der Waals surface area contributed by atoms with Crippen LogP contribution in [0.25, 0.3) is 0 Å². The van der Waals surface area contributed by atoms with Crippen molar-refractivity contribution in [2.24, 2.45) is 0 Å². The molecule has 0 saturated heterocycles. The number of carbonyl (C=O) groups excluding carboxylic acids is 2. The van der Waals surface area contributed by atoms with Gasteiger partial charge in [0.15, 0.2) is 0 Å². The van der Waals surface area contributed by atoms with Gasteiger partial charge in [-0.05, 0) is 83.7 Å². The summed E-state index contributed by atoms with van der Waals surface area (Å²) >= 11 is 16.1. The Hall–Kier alpha value is -2.82. The molecule has 4 rings (SSSR count). The molecule has 0 spiro atoms. The standard InChI is InChI=1S/C35H43BrCl2N4O4/c1-3-35(14-7-4-8-15-35)40-23-26-20-25(21-27(36)32(26)39)34(44)46-19-17-42(2)16-18-45-31(43)22-24-10-5-6-13-30(24)41-33-28(37)11-9-12-29(33)38/h5-6,9-13,20-21,40-41H,3-4,7-8,14-19,22-23,39H2,1-2H3. The normalized spacial score (nSPS) is 14.2. The van der Waals surface area contributed by atoms with Crippen LogP contribution in [0.3, 0.4) is 0 Å². The first kappa shape index (κ1) is 36.0. The summed E-state index contributed by atoms with van der Waals surface area (Å²) in [7, 11) is 1.88. The van der Waals surface area contributed by atoms with E-state index >= 15 is 0 Å². The van der Waals surface area contributed by atoms with E-state index in [4.69, 9.17) is 38.4 Å². The second kappa shape index (κ2) is 17.4. The highest BCUT2D eigenvalue weighted by Gasteiger charge is 2.29. The van der Waals surface area contributed by atoms with Gasteiger partial charge in [-0.25, -0.2) is 4.79 Å². The number of nitrogens with two attached hydrogens (primary N) is 1. The van der Waals surface area contributed by atoms with Gasteiger partial charge in [0, 0.05) is 35.3 Å². The second-order valence-corrected chi connectivity index (χ2v) is 13.5. The summed E-state index contributed by atoms with van der Waals surface area (Å²) in [5.41, 5.74) is 10.5. The maximum Gasteiger partial charge on any atom is 0.338 e. The van der Waals surface area contributed by atoms with Crippen LogP contribution >= 0.6 is 39.1 Å². The number of nitrogen functional groups attached to an aromatic ring is 1. The average molecular weight is 735 g/mol. The van der Waals surface area contributed by atoms with E-state index in [2.05, 4.69) is 33.5 Å². The smallest absolute Gasteiger partial charge is 0.338 e. The molecule has 0 heterocycles. The molecule has 3 aromatic rings. The molecule has 0 aliphatic heterocycles. The van der Waals surface area contributed by atoms with E-state index in [1.807, 2.05) is 42.3 Å². The molecule has 0 aromatic heterocycles. The zero-order chi connectivity index (χ0) is 33.1. The van der Waals surface area contributed by atoms with Crippen LogP contribution in [0, 0.1) is 0 Å². The zero-order valence-electron chi connectivity index (χ0n) is 26.5. The number of halogens is 3. The third kappa shape index (κ3) is 10.1. The summed E-state index contributed by atoms with van der Waals surface area (Å²) < 4.78 is 11.7. The topological polar surface area (TPSA) is 106 Å². The molecular formula is C35H43BrCl2N4O4. The molecule has 3 aromatic carbocycles. The quantitative estimate of drug-likeness (QED) is 0.106. The van der Waals surface area contributed by atoms with Gasteiger partial charge in [0.1, 0.15) is 13.2 Å². The van der Waals surface area contributed by atoms with Gasteiger partial charge in [0.2, 0.25) is 0 Å². The van der Waals surface area contributed by atoms with Crippen LogP contribution in [0.4, 0.5) is 17.1 Å². The number of nitrogens with one attached hydrogen (secondary N) is 2. The van der Waals surface area contributed by atoms with Gasteiger partial charge in [-0.2, -0.15) is 0 Å². The van der Waals surface area contributed by atoms with Crippen LogP contribution in [0.2, 0.25) is 10.0 Å². The molecule has 0 bridgehead atoms. The molecule has 248 valence electrons. The van der Waals surface area contributed by atoms with Gasteiger partial charge in [-0.3, -0.25) is 9.69 Å². The van der Waals surface area contributed by atoms with E-state index in [9.17, 15) is 9.59 Å². The van der Waals surface area contributed by atoms with Gasteiger partial charge in [0.25, 0.3) is 0 Å². The second-order valence-electron chi connectivity index (χ2n) is 11.8. The number of hydrogen-bond acceptors (Lipinski definition) is 8. The number of likely N-dealkylation sites (N-methyl/N-ethyl adjacent to an activating group) is 1. The average Bonchev–Trinajstić information content (AvgIpc) is 3.04. The highest BCUT2D eigenvalue weighted by molar-refractivity contribution is 9.10. The first-order valence-electron chi connectivity index (χ1n) is 15.7. The Labute approximate surface area is 290 Å². The van der Waals surface area contributed by atoms with Gasteiger partial charge in [-0.15, -0.1) is 0 Å². The summed E-state index contributed by atoms with van der Waals surface area (Å²) in [6.07, 6.45) is 7.21. The lowest BCUT2D eigenvalue weighted by atomic mass is 9.79. The number of esters is 2.